The number of fused-ring (bicyclic) bond motifs is 1. The van der Waals surface area contributed by atoms with Crippen LogP contribution in [0.4, 0.5) is 0 Å². The van der Waals surface area contributed by atoms with Gasteiger partial charge in [-0.1, -0.05) is 5.16 Å². The minimum Gasteiger partial charge on any atom is -0.494 e. The summed E-state index contributed by atoms with van der Waals surface area (Å²) in [7, 11) is 0. The van der Waals surface area contributed by atoms with Crippen molar-refractivity contribution in [3.8, 4) is 22.9 Å². The molecule has 0 saturated heterocycles. The molecule has 152 valence electrons. The van der Waals surface area contributed by atoms with Gasteiger partial charge in [0, 0.05) is 47.9 Å². The minimum atomic E-state index is -0.0856. The Kier molecular flexibility index (Phi) is 5.80. The number of carbonyl (C=O) groups excluding carboxylic acids is 1. The summed E-state index contributed by atoms with van der Waals surface area (Å²) in [6.45, 7) is 4.94. The number of thiophene rings is 1. The number of amides is 1. The summed E-state index contributed by atoms with van der Waals surface area (Å²) in [5, 5.41) is 10.8. The summed E-state index contributed by atoms with van der Waals surface area (Å²) in [5.74, 6) is 2.59. The fourth-order valence-corrected chi connectivity index (χ4v) is 3.91. The quantitative estimate of drug-likeness (QED) is 0.605. The first-order chi connectivity index (χ1) is 14.1. The Morgan fingerprint density at radius 1 is 1.41 bits per heavy atom. The zero-order chi connectivity index (χ0) is 20.2. The average molecular weight is 413 g/mol. The maximum Gasteiger partial charge on any atom is 0.227 e. The van der Waals surface area contributed by atoms with Gasteiger partial charge in [-0.05, 0) is 37.4 Å². The van der Waals surface area contributed by atoms with Crippen molar-refractivity contribution in [1.29, 1.82) is 0 Å². The van der Waals surface area contributed by atoms with Crippen LogP contribution in [-0.4, -0.2) is 28.8 Å². The van der Waals surface area contributed by atoms with Crippen molar-refractivity contribution < 1.29 is 18.8 Å². The molecule has 1 atom stereocenters. The molecule has 1 aliphatic rings. The van der Waals surface area contributed by atoms with Crippen molar-refractivity contribution in [3.63, 3.8) is 0 Å². The van der Waals surface area contributed by atoms with Crippen molar-refractivity contribution in [1.82, 2.24) is 15.5 Å². The first-order valence-electron chi connectivity index (χ1n) is 9.69. The van der Waals surface area contributed by atoms with Gasteiger partial charge < -0.3 is 19.3 Å². The van der Waals surface area contributed by atoms with E-state index in [1.807, 2.05) is 42.8 Å². The highest BCUT2D eigenvalue weighted by Crippen LogP contribution is 2.35. The number of hydrogen-bond donors (Lipinski definition) is 1. The predicted octanol–water partition coefficient (Wildman–Crippen LogP) is 3.77. The van der Waals surface area contributed by atoms with Crippen molar-refractivity contribution in [2.75, 3.05) is 6.61 Å². The van der Waals surface area contributed by atoms with Gasteiger partial charge >= 0.3 is 0 Å². The second-order valence-corrected chi connectivity index (χ2v) is 7.71. The van der Waals surface area contributed by atoms with Gasteiger partial charge in [0.2, 0.25) is 17.6 Å². The van der Waals surface area contributed by atoms with E-state index in [2.05, 4.69) is 15.5 Å². The third-order valence-corrected chi connectivity index (χ3v) is 5.35. The van der Waals surface area contributed by atoms with Crippen LogP contribution in [0.5, 0.6) is 11.5 Å². The smallest absolute Gasteiger partial charge is 0.227 e. The van der Waals surface area contributed by atoms with Crippen molar-refractivity contribution in [3.05, 3.63) is 46.0 Å². The van der Waals surface area contributed by atoms with Crippen molar-refractivity contribution in [2.24, 2.45) is 0 Å². The van der Waals surface area contributed by atoms with E-state index in [9.17, 15) is 4.79 Å². The largest absolute Gasteiger partial charge is 0.494 e. The number of nitrogens with one attached hydrogen (secondary N) is 1. The van der Waals surface area contributed by atoms with Gasteiger partial charge in [-0.2, -0.15) is 16.3 Å². The van der Waals surface area contributed by atoms with E-state index in [0.717, 1.165) is 34.6 Å². The van der Waals surface area contributed by atoms with E-state index in [1.54, 1.807) is 11.3 Å². The zero-order valence-corrected chi connectivity index (χ0v) is 17.3. The third-order valence-electron chi connectivity index (χ3n) is 4.67. The van der Waals surface area contributed by atoms with Crippen molar-refractivity contribution >= 4 is 17.2 Å². The molecule has 3 heterocycles. The SMILES string of the molecule is CCOc1cc2c(cc1CNC(=O)CCc1nc(-c3ccsc3)no1)O[C@@H](C)C2. The molecule has 29 heavy (non-hydrogen) atoms. The Hall–Kier alpha value is -2.87. The first-order valence-corrected chi connectivity index (χ1v) is 10.6. The molecule has 1 amide bonds. The maximum absolute atomic E-state index is 12.3. The number of nitrogens with zero attached hydrogens (tertiary/aromatic N) is 2. The number of benzene rings is 1. The first kappa shape index (κ1) is 19.4. The lowest BCUT2D eigenvalue weighted by Crippen LogP contribution is -2.23. The van der Waals surface area contributed by atoms with E-state index in [1.165, 1.54) is 0 Å². The van der Waals surface area contributed by atoms with Crippen LogP contribution in [-0.2, 0) is 24.2 Å². The summed E-state index contributed by atoms with van der Waals surface area (Å²) in [4.78, 5) is 16.6. The number of aryl methyl sites for hydroxylation is 1. The Bertz CT molecular complexity index is 984. The van der Waals surface area contributed by atoms with Gasteiger partial charge in [0.15, 0.2) is 0 Å². The molecule has 0 bridgehead atoms. The van der Waals surface area contributed by atoms with E-state index in [4.69, 9.17) is 14.0 Å². The van der Waals surface area contributed by atoms with Gasteiger partial charge in [0.25, 0.3) is 0 Å². The fourth-order valence-electron chi connectivity index (χ4n) is 3.28. The topological polar surface area (TPSA) is 86.5 Å². The Balaban J connectivity index is 1.33. The molecular weight excluding hydrogens is 390 g/mol. The summed E-state index contributed by atoms with van der Waals surface area (Å²) in [5.41, 5.74) is 2.98. The summed E-state index contributed by atoms with van der Waals surface area (Å²) < 4.78 is 16.8. The molecule has 1 aromatic carbocycles. The molecule has 8 heteroatoms. The van der Waals surface area contributed by atoms with Gasteiger partial charge in [-0.25, -0.2) is 0 Å². The second-order valence-electron chi connectivity index (χ2n) is 6.93. The van der Waals surface area contributed by atoms with E-state index < -0.39 is 0 Å². The van der Waals surface area contributed by atoms with E-state index in [-0.39, 0.29) is 18.4 Å². The molecule has 0 unspecified atom stereocenters. The number of aromatic nitrogens is 2. The molecule has 0 saturated carbocycles. The minimum absolute atomic E-state index is 0.0856. The van der Waals surface area contributed by atoms with Crippen LogP contribution in [0, 0.1) is 0 Å². The summed E-state index contributed by atoms with van der Waals surface area (Å²) in [6, 6.07) is 5.92. The number of hydrogen-bond acceptors (Lipinski definition) is 7. The van der Waals surface area contributed by atoms with Gasteiger partial charge in [-0.3, -0.25) is 4.79 Å². The lowest BCUT2D eigenvalue weighted by molar-refractivity contribution is -0.121. The molecule has 7 nitrogen and oxygen atoms in total. The summed E-state index contributed by atoms with van der Waals surface area (Å²) >= 11 is 1.57. The summed E-state index contributed by atoms with van der Waals surface area (Å²) in [6.07, 6.45) is 1.71. The zero-order valence-electron chi connectivity index (χ0n) is 16.4. The number of ether oxygens (including phenoxy) is 2. The molecule has 0 aliphatic carbocycles. The molecule has 4 rings (SSSR count). The van der Waals surface area contributed by atoms with Gasteiger partial charge in [-0.15, -0.1) is 0 Å². The van der Waals surface area contributed by atoms with Gasteiger partial charge in [0.05, 0.1) is 6.61 Å². The van der Waals surface area contributed by atoms with Crippen molar-refractivity contribution in [2.45, 2.75) is 45.8 Å². The number of carbonyl (C=O) groups is 1. The van der Waals surface area contributed by atoms with Crippen LogP contribution >= 0.6 is 11.3 Å². The fraction of sp³-hybridized carbons (Fsp3) is 0.381. The normalized spacial score (nSPS) is 15.0. The number of rotatable bonds is 8. The molecule has 3 aromatic rings. The van der Waals surface area contributed by atoms with Crippen LogP contribution in [0.3, 0.4) is 0 Å². The van der Waals surface area contributed by atoms with Crippen LogP contribution in [0.2, 0.25) is 0 Å². The van der Waals surface area contributed by atoms with Crippen LogP contribution in [0.15, 0.2) is 33.5 Å². The Morgan fingerprint density at radius 2 is 2.31 bits per heavy atom. The monoisotopic (exact) mass is 413 g/mol. The second kappa shape index (κ2) is 8.65. The Labute approximate surface area is 173 Å². The Morgan fingerprint density at radius 3 is 3.10 bits per heavy atom. The average Bonchev–Trinajstić information content (AvgIpc) is 3.44. The van der Waals surface area contributed by atoms with Crippen LogP contribution in [0.25, 0.3) is 11.4 Å². The highest BCUT2D eigenvalue weighted by atomic mass is 32.1. The molecule has 2 aromatic heterocycles. The van der Waals surface area contributed by atoms with Gasteiger partial charge in [0.1, 0.15) is 17.6 Å². The third kappa shape index (κ3) is 4.59. The highest BCUT2D eigenvalue weighted by molar-refractivity contribution is 7.08. The highest BCUT2D eigenvalue weighted by Gasteiger charge is 2.22. The van der Waals surface area contributed by atoms with Crippen LogP contribution < -0.4 is 14.8 Å². The lowest BCUT2D eigenvalue weighted by Gasteiger charge is -2.13. The molecule has 0 fully saturated rings. The predicted molar refractivity (Wildman–Crippen MR) is 109 cm³/mol. The molecule has 1 N–H and O–H groups in total. The maximum atomic E-state index is 12.3. The molecule has 0 spiro atoms. The lowest BCUT2D eigenvalue weighted by atomic mass is 10.1. The van der Waals surface area contributed by atoms with E-state index in [0.29, 0.717) is 31.3 Å². The van der Waals surface area contributed by atoms with Crippen LogP contribution in [0.1, 0.15) is 37.3 Å². The standard InChI is InChI=1S/C21H23N3O4S/c1-3-26-17-9-15-8-13(2)27-18(15)10-16(17)11-22-19(25)4-5-20-23-21(24-28-20)14-6-7-29-12-14/h6-7,9-10,12-13H,3-5,8,11H2,1-2H3,(H,22,25)/t13-/m0/s1. The molecule has 1 aliphatic heterocycles. The molecular formula is C21H23N3O4S. The van der Waals surface area contributed by atoms with E-state index >= 15 is 0 Å². The molecule has 0 radical (unpaired) electrons.